The van der Waals surface area contributed by atoms with Crippen LogP contribution >= 0.6 is 11.6 Å². The lowest BCUT2D eigenvalue weighted by atomic mass is 10.1. The molecule has 98 valence electrons. The van der Waals surface area contributed by atoms with Crippen molar-refractivity contribution >= 4 is 34.6 Å². The number of hydrogen-bond donors (Lipinski definition) is 2. The van der Waals surface area contributed by atoms with Gasteiger partial charge in [-0.3, -0.25) is 10.1 Å². The van der Waals surface area contributed by atoms with Crippen molar-refractivity contribution in [3.8, 4) is 0 Å². The highest BCUT2D eigenvalue weighted by Crippen LogP contribution is 2.33. The molecule has 0 spiro atoms. The number of hydrogen-bond acceptors (Lipinski definition) is 6. The van der Waals surface area contributed by atoms with Crippen LogP contribution in [0.2, 0.25) is 0 Å². The fourth-order valence-corrected chi connectivity index (χ4v) is 1.36. The van der Waals surface area contributed by atoms with Gasteiger partial charge in [-0.05, 0) is 0 Å². The van der Waals surface area contributed by atoms with Gasteiger partial charge >= 0.3 is 11.7 Å². The molecule has 0 atom stereocenters. The maximum Gasteiger partial charge on any atom is 0.347 e. The number of nitro groups is 1. The number of carbonyl (C=O) groups excluding carboxylic acids is 1. The minimum absolute atomic E-state index is 0.00968. The van der Waals surface area contributed by atoms with E-state index in [0.717, 1.165) is 0 Å². The number of esters is 1. The number of carbonyl (C=O) groups is 1. The first-order valence-corrected chi connectivity index (χ1v) is 5.18. The second-order valence-corrected chi connectivity index (χ2v) is 3.54. The third-order valence-corrected chi connectivity index (χ3v) is 2.17. The Hall–Kier alpha value is -2.09. The van der Waals surface area contributed by atoms with Crippen molar-refractivity contribution in [3.05, 3.63) is 27.6 Å². The quantitative estimate of drug-likeness (QED) is 0.281. The van der Waals surface area contributed by atoms with Crippen LogP contribution in [0.25, 0.3) is 0 Å². The molecule has 4 N–H and O–H groups in total. The molecule has 0 saturated heterocycles. The third kappa shape index (κ3) is 2.59. The van der Waals surface area contributed by atoms with Gasteiger partial charge < -0.3 is 16.2 Å². The molecule has 1 aromatic rings. The van der Waals surface area contributed by atoms with Crippen molar-refractivity contribution < 1.29 is 18.8 Å². The number of benzene rings is 1. The molecule has 0 aromatic heterocycles. The van der Waals surface area contributed by atoms with Crippen LogP contribution in [0.5, 0.6) is 0 Å². The van der Waals surface area contributed by atoms with E-state index in [2.05, 4.69) is 4.74 Å². The number of ether oxygens (including phenoxy) is 1. The van der Waals surface area contributed by atoms with E-state index >= 15 is 0 Å². The van der Waals surface area contributed by atoms with Crippen molar-refractivity contribution in [2.45, 2.75) is 0 Å². The number of nitrogen functional groups attached to an aromatic ring is 2. The Labute approximate surface area is 106 Å². The number of alkyl halides is 1. The summed E-state index contributed by atoms with van der Waals surface area (Å²) in [4.78, 5) is 21.4. The Balaban J connectivity index is 3.39. The SMILES string of the molecule is Nc1cc(F)c(N)c(C(=O)OCCCl)c1[N+](=O)[O-]. The van der Waals surface area contributed by atoms with Crippen LogP contribution < -0.4 is 11.5 Å². The highest BCUT2D eigenvalue weighted by molar-refractivity contribution is 6.18. The monoisotopic (exact) mass is 277 g/mol. The van der Waals surface area contributed by atoms with E-state index in [1.165, 1.54) is 0 Å². The molecule has 0 bridgehead atoms. The van der Waals surface area contributed by atoms with Crippen LogP contribution in [0.15, 0.2) is 6.07 Å². The molecule has 0 fully saturated rings. The number of nitro benzene ring substituents is 1. The van der Waals surface area contributed by atoms with E-state index < -0.39 is 39.3 Å². The van der Waals surface area contributed by atoms with E-state index in [4.69, 9.17) is 23.1 Å². The molecule has 0 unspecified atom stereocenters. The van der Waals surface area contributed by atoms with Crippen LogP contribution in [0.4, 0.5) is 21.5 Å². The van der Waals surface area contributed by atoms with Crippen molar-refractivity contribution in [2.24, 2.45) is 0 Å². The van der Waals surface area contributed by atoms with Crippen molar-refractivity contribution in [1.82, 2.24) is 0 Å². The molecule has 7 nitrogen and oxygen atoms in total. The molecular weight excluding hydrogens is 269 g/mol. The molecule has 0 radical (unpaired) electrons. The maximum atomic E-state index is 13.3. The fraction of sp³-hybridized carbons (Fsp3) is 0.222. The predicted molar refractivity (Wildman–Crippen MR) is 62.9 cm³/mol. The summed E-state index contributed by atoms with van der Waals surface area (Å²) in [6.45, 7) is -0.187. The summed E-state index contributed by atoms with van der Waals surface area (Å²) in [5, 5.41) is 10.8. The van der Waals surface area contributed by atoms with E-state index in [0.29, 0.717) is 6.07 Å². The Bertz CT molecular complexity index is 509. The lowest BCUT2D eigenvalue weighted by molar-refractivity contribution is -0.384. The molecule has 0 aliphatic heterocycles. The number of nitrogens with two attached hydrogens (primary N) is 2. The number of nitrogens with zero attached hydrogens (tertiary/aromatic N) is 1. The van der Waals surface area contributed by atoms with Crippen LogP contribution in [0.3, 0.4) is 0 Å². The molecule has 1 rings (SSSR count). The largest absolute Gasteiger partial charge is 0.461 e. The van der Waals surface area contributed by atoms with Gasteiger partial charge in [0, 0.05) is 6.07 Å². The highest BCUT2D eigenvalue weighted by atomic mass is 35.5. The van der Waals surface area contributed by atoms with Gasteiger partial charge in [-0.25, -0.2) is 9.18 Å². The van der Waals surface area contributed by atoms with Crippen molar-refractivity contribution in [1.29, 1.82) is 0 Å². The lowest BCUT2D eigenvalue weighted by Gasteiger charge is -2.09. The Morgan fingerprint density at radius 1 is 1.56 bits per heavy atom. The first-order valence-electron chi connectivity index (χ1n) is 4.65. The van der Waals surface area contributed by atoms with Gasteiger partial charge in [0.2, 0.25) is 0 Å². The van der Waals surface area contributed by atoms with Gasteiger partial charge in [0.1, 0.15) is 18.1 Å². The summed E-state index contributed by atoms with van der Waals surface area (Å²) in [6.07, 6.45) is 0. The average molecular weight is 278 g/mol. The van der Waals surface area contributed by atoms with E-state index in [1.54, 1.807) is 0 Å². The zero-order valence-corrected chi connectivity index (χ0v) is 9.74. The summed E-state index contributed by atoms with van der Waals surface area (Å²) in [6, 6.07) is 0.672. The van der Waals surface area contributed by atoms with Crippen molar-refractivity contribution in [2.75, 3.05) is 24.0 Å². The van der Waals surface area contributed by atoms with Gasteiger partial charge in [0.25, 0.3) is 0 Å². The summed E-state index contributed by atoms with van der Waals surface area (Å²) < 4.78 is 17.9. The summed E-state index contributed by atoms with van der Waals surface area (Å²) in [7, 11) is 0. The normalized spacial score (nSPS) is 10.1. The minimum Gasteiger partial charge on any atom is -0.461 e. The predicted octanol–water partition coefficient (Wildman–Crippen LogP) is 1.29. The van der Waals surface area contributed by atoms with Gasteiger partial charge in [0.05, 0.1) is 16.5 Å². The Kier molecular flexibility index (Phi) is 4.27. The summed E-state index contributed by atoms with van der Waals surface area (Å²) in [5.74, 6) is -2.19. The zero-order valence-electron chi connectivity index (χ0n) is 8.98. The molecule has 0 heterocycles. The number of halogens is 2. The van der Waals surface area contributed by atoms with E-state index in [1.807, 2.05) is 0 Å². The molecule has 0 amide bonds. The third-order valence-electron chi connectivity index (χ3n) is 2.02. The van der Waals surface area contributed by atoms with Gasteiger partial charge in [-0.2, -0.15) is 0 Å². The summed E-state index contributed by atoms with van der Waals surface area (Å²) >= 11 is 5.30. The molecule has 9 heteroatoms. The molecule has 18 heavy (non-hydrogen) atoms. The number of rotatable bonds is 4. The Morgan fingerprint density at radius 3 is 2.67 bits per heavy atom. The first kappa shape index (κ1) is 14.0. The molecular formula is C9H9ClFN3O4. The molecule has 0 aliphatic rings. The van der Waals surface area contributed by atoms with Crippen LogP contribution in [-0.2, 0) is 4.74 Å². The van der Waals surface area contributed by atoms with Gasteiger partial charge in [-0.15, -0.1) is 11.6 Å². The molecule has 0 saturated carbocycles. The van der Waals surface area contributed by atoms with Gasteiger partial charge in [0.15, 0.2) is 5.56 Å². The van der Waals surface area contributed by atoms with Crippen LogP contribution in [0.1, 0.15) is 10.4 Å². The fourth-order valence-electron chi connectivity index (χ4n) is 1.28. The standard InChI is InChI=1S/C9H9ClFN3O4/c10-1-2-18-9(15)6-7(13)4(11)3-5(12)8(6)14(16)17/h3H,1-2,12-13H2. The topological polar surface area (TPSA) is 121 Å². The smallest absolute Gasteiger partial charge is 0.347 e. The zero-order chi connectivity index (χ0) is 13.9. The average Bonchev–Trinajstić information content (AvgIpc) is 2.29. The van der Waals surface area contributed by atoms with E-state index in [-0.39, 0.29) is 12.5 Å². The number of anilines is 2. The van der Waals surface area contributed by atoms with Gasteiger partial charge in [-0.1, -0.05) is 0 Å². The second kappa shape index (κ2) is 5.50. The minimum atomic E-state index is -1.15. The molecule has 1 aromatic carbocycles. The summed E-state index contributed by atoms with van der Waals surface area (Å²) in [5.41, 5.74) is 7.90. The van der Waals surface area contributed by atoms with Crippen molar-refractivity contribution in [3.63, 3.8) is 0 Å². The first-order chi connectivity index (χ1) is 8.40. The van der Waals surface area contributed by atoms with Crippen LogP contribution in [0, 0.1) is 15.9 Å². The van der Waals surface area contributed by atoms with E-state index in [9.17, 15) is 19.3 Å². The van der Waals surface area contributed by atoms with Crippen LogP contribution in [-0.4, -0.2) is 23.4 Å². The second-order valence-electron chi connectivity index (χ2n) is 3.17. The lowest BCUT2D eigenvalue weighted by Crippen LogP contribution is -2.15. The highest BCUT2D eigenvalue weighted by Gasteiger charge is 2.30. The Morgan fingerprint density at radius 2 is 2.17 bits per heavy atom. The molecule has 0 aliphatic carbocycles. The maximum absolute atomic E-state index is 13.3.